The fourth-order valence-corrected chi connectivity index (χ4v) is 2.93. The van der Waals surface area contributed by atoms with Gasteiger partial charge in [0.25, 0.3) is 0 Å². The third-order valence-electron chi connectivity index (χ3n) is 4.00. The number of aromatic nitrogens is 2. The number of nitrogens with zero attached hydrogens (tertiary/aromatic N) is 2. The number of aliphatic carboxylic acids is 1. The third-order valence-corrected chi connectivity index (χ3v) is 4.36. The molecule has 0 bridgehead atoms. The average Bonchev–Trinajstić information content (AvgIpc) is 2.99. The first kappa shape index (κ1) is 20.3. The lowest BCUT2D eigenvalue weighted by atomic mass is 10.1. The Hall–Kier alpha value is -3.45. The number of halogens is 2. The normalized spacial score (nSPS) is 11.0. The Morgan fingerprint density at radius 3 is 2.66 bits per heavy atom. The van der Waals surface area contributed by atoms with E-state index in [1.807, 2.05) is 0 Å². The van der Waals surface area contributed by atoms with E-state index in [4.69, 9.17) is 16.3 Å². The van der Waals surface area contributed by atoms with Gasteiger partial charge in [-0.2, -0.15) is 5.10 Å². The van der Waals surface area contributed by atoms with Crippen LogP contribution in [0.2, 0.25) is 5.15 Å². The molecule has 6 nitrogen and oxygen atoms in total. The van der Waals surface area contributed by atoms with Gasteiger partial charge in [-0.05, 0) is 55.5 Å². The molecule has 0 saturated heterocycles. The molecule has 148 valence electrons. The van der Waals surface area contributed by atoms with Gasteiger partial charge in [-0.15, -0.1) is 0 Å². The van der Waals surface area contributed by atoms with Crippen LogP contribution in [0.3, 0.4) is 0 Å². The van der Waals surface area contributed by atoms with Crippen molar-refractivity contribution in [1.29, 1.82) is 0 Å². The number of aryl methyl sites for hydroxylation is 1. The monoisotopic (exact) mass is 413 g/mol. The third kappa shape index (κ3) is 4.89. The fraction of sp³-hybridized carbons (Fsp3) is 0.0952. The van der Waals surface area contributed by atoms with Crippen LogP contribution < -0.4 is 9.84 Å². The summed E-state index contributed by atoms with van der Waals surface area (Å²) < 4.78 is 19.6. The molecule has 1 aromatic heterocycles. The lowest BCUT2D eigenvalue weighted by Crippen LogP contribution is -2.28. The molecule has 3 aromatic rings. The minimum Gasteiger partial charge on any atom is -0.546 e. The molecule has 3 rings (SSSR count). The Balaban J connectivity index is 1.81. The van der Waals surface area contributed by atoms with E-state index >= 15 is 0 Å². The number of ketones is 1. The SMILES string of the molecule is Cc1nn(-c2ccc(F)cc2)c(Cl)c1/C=C/C(=O)c1cccc(OCC(=O)[O-])c1. The summed E-state index contributed by atoms with van der Waals surface area (Å²) in [5, 5.41) is 15.1. The molecule has 0 aliphatic rings. The highest BCUT2D eigenvalue weighted by Crippen LogP contribution is 2.25. The van der Waals surface area contributed by atoms with Gasteiger partial charge in [0.1, 0.15) is 23.3 Å². The van der Waals surface area contributed by atoms with Crippen LogP contribution >= 0.6 is 11.6 Å². The van der Waals surface area contributed by atoms with Crippen LogP contribution in [0, 0.1) is 12.7 Å². The standard InChI is InChI=1S/C21H16ClFN2O4/c1-13-18(21(22)25(24-13)16-7-5-15(23)6-8-16)9-10-19(26)14-3-2-4-17(11-14)29-12-20(27)28/h2-11H,12H2,1H3,(H,27,28)/p-1/b10-9+. The summed E-state index contributed by atoms with van der Waals surface area (Å²) in [6.45, 7) is 1.13. The number of carboxylic acid groups (broad SMARTS) is 1. The second kappa shape index (κ2) is 8.70. The Morgan fingerprint density at radius 2 is 1.97 bits per heavy atom. The zero-order valence-electron chi connectivity index (χ0n) is 15.3. The first-order valence-electron chi connectivity index (χ1n) is 8.51. The van der Waals surface area contributed by atoms with E-state index < -0.39 is 12.6 Å². The first-order chi connectivity index (χ1) is 13.8. The second-order valence-corrected chi connectivity index (χ2v) is 6.42. The number of hydrogen-bond donors (Lipinski definition) is 0. The van der Waals surface area contributed by atoms with Crippen LogP contribution in [-0.2, 0) is 4.79 Å². The Labute approximate surface area is 170 Å². The van der Waals surface area contributed by atoms with Crippen LogP contribution in [-0.4, -0.2) is 28.1 Å². The minimum absolute atomic E-state index is 0.242. The van der Waals surface area contributed by atoms with Crippen molar-refractivity contribution in [3.63, 3.8) is 0 Å². The molecule has 0 unspecified atom stereocenters. The maximum Gasteiger partial charge on any atom is 0.185 e. The molecule has 8 heteroatoms. The highest BCUT2D eigenvalue weighted by molar-refractivity contribution is 6.31. The molecule has 0 radical (unpaired) electrons. The summed E-state index contributed by atoms with van der Waals surface area (Å²) in [5.74, 6) is -1.81. The molecular formula is C21H15ClFN2O4-. The largest absolute Gasteiger partial charge is 0.546 e. The maximum atomic E-state index is 13.1. The Kier molecular flexibility index (Phi) is 6.09. The average molecular weight is 414 g/mol. The van der Waals surface area contributed by atoms with Crippen molar-refractivity contribution in [3.8, 4) is 11.4 Å². The molecule has 0 fully saturated rings. The number of ether oxygens (including phenoxy) is 1. The number of carboxylic acids is 1. The lowest BCUT2D eigenvalue weighted by Gasteiger charge is -2.07. The quantitative estimate of drug-likeness (QED) is 0.439. The van der Waals surface area contributed by atoms with Crippen molar-refractivity contribution >= 4 is 29.4 Å². The van der Waals surface area contributed by atoms with E-state index in [2.05, 4.69) is 5.10 Å². The summed E-state index contributed by atoms with van der Waals surface area (Å²) >= 11 is 6.39. The van der Waals surface area contributed by atoms with Gasteiger partial charge in [-0.3, -0.25) is 4.79 Å². The molecule has 0 aliphatic heterocycles. The highest BCUT2D eigenvalue weighted by Gasteiger charge is 2.13. The Morgan fingerprint density at radius 1 is 1.24 bits per heavy atom. The van der Waals surface area contributed by atoms with E-state index in [0.29, 0.717) is 22.5 Å². The number of carbonyl (C=O) groups excluding carboxylic acids is 2. The maximum absolute atomic E-state index is 13.1. The van der Waals surface area contributed by atoms with E-state index in [-0.39, 0.29) is 22.5 Å². The van der Waals surface area contributed by atoms with Gasteiger partial charge in [0.15, 0.2) is 5.78 Å². The second-order valence-electron chi connectivity index (χ2n) is 6.06. The number of carbonyl (C=O) groups is 2. The van der Waals surface area contributed by atoms with Gasteiger partial charge < -0.3 is 14.6 Å². The lowest BCUT2D eigenvalue weighted by molar-refractivity contribution is -0.307. The van der Waals surface area contributed by atoms with Crippen LogP contribution in [0.5, 0.6) is 5.75 Å². The smallest absolute Gasteiger partial charge is 0.185 e. The van der Waals surface area contributed by atoms with E-state index in [1.54, 1.807) is 37.3 Å². The van der Waals surface area contributed by atoms with Crippen molar-refractivity contribution in [2.45, 2.75) is 6.92 Å². The molecule has 29 heavy (non-hydrogen) atoms. The van der Waals surface area contributed by atoms with Gasteiger partial charge in [-0.1, -0.05) is 23.7 Å². The molecule has 0 aliphatic carbocycles. The summed E-state index contributed by atoms with van der Waals surface area (Å²) in [6.07, 6.45) is 2.88. The number of rotatable bonds is 7. The van der Waals surface area contributed by atoms with Crippen LogP contribution in [0.4, 0.5) is 4.39 Å². The number of benzene rings is 2. The van der Waals surface area contributed by atoms with Crippen molar-refractivity contribution in [2.24, 2.45) is 0 Å². The topological polar surface area (TPSA) is 84.2 Å². The molecule has 1 heterocycles. The predicted molar refractivity (Wildman–Crippen MR) is 104 cm³/mol. The summed E-state index contributed by atoms with van der Waals surface area (Å²) in [6, 6.07) is 11.8. The molecule has 0 saturated carbocycles. The van der Waals surface area contributed by atoms with Crippen molar-refractivity contribution in [2.75, 3.05) is 6.61 Å². The Bertz CT molecular complexity index is 1090. The van der Waals surface area contributed by atoms with Crippen molar-refractivity contribution < 1.29 is 23.8 Å². The number of allylic oxidation sites excluding steroid dienone is 1. The van der Waals surface area contributed by atoms with E-state index in [9.17, 15) is 19.1 Å². The van der Waals surface area contributed by atoms with Gasteiger partial charge in [0, 0.05) is 11.1 Å². The molecule has 2 aromatic carbocycles. The van der Waals surface area contributed by atoms with Gasteiger partial charge >= 0.3 is 0 Å². The first-order valence-corrected chi connectivity index (χ1v) is 8.89. The molecule has 0 N–H and O–H groups in total. The molecule has 0 amide bonds. The van der Waals surface area contributed by atoms with Crippen LogP contribution in [0.1, 0.15) is 21.6 Å². The van der Waals surface area contributed by atoms with Gasteiger partial charge in [0.2, 0.25) is 0 Å². The summed E-state index contributed by atoms with van der Waals surface area (Å²) in [7, 11) is 0. The summed E-state index contributed by atoms with van der Waals surface area (Å²) in [4.78, 5) is 22.9. The molecule has 0 spiro atoms. The fourth-order valence-electron chi connectivity index (χ4n) is 2.59. The highest BCUT2D eigenvalue weighted by atomic mass is 35.5. The van der Waals surface area contributed by atoms with Crippen LogP contribution in [0.15, 0.2) is 54.6 Å². The van der Waals surface area contributed by atoms with E-state index in [0.717, 1.165) is 0 Å². The number of hydrogen-bond acceptors (Lipinski definition) is 5. The zero-order valence-corrected chi connectivity index (χ0v) is 16.0. The zero-order chi connectivity index (χ0) is 21.0. The summed E-state index contributed by atoms with van der Waals surface area (Å²) in [5.41, 5.74) is 2.04. The van der Waals surface area contributed by atoms with Crippen molar-refractivity contribution in [3.05, 3.63) is 82.4 Å². The van der Waals surface area contributed by atoms with E-state index in [1.165, 1.54) is 35.0 Å². The van der Waals surface area contributed by atoms with Crippen LogP contribution in [0.25, 0.3) is 11.8 Å². The predicted octanol–water partition coefficient (Wildman–Crippen LogP) is 3.00. The minimum atomic E-state index is -1.36. The van der Waals surface area contributed by atoms with Gasteiger partial charge in [-0.25, -0.2) is 9.07 Å². The molecular weight excluding hydrogens is 399 g/mol. The molecule has 0 atom stereocenters. The van der Waals surface area contributed by atoms with Crippen molar-refractivity contribution in [1.82, 2.24) is 9.78 Å². The van der Waals surface area contributed by atoms with Gasteiger partial charge in [0.05, 0.1) is 17.4 Å².